The Bertz CT molecular complexity index is 2370. The second-order valence-corrected chi connectivity index (χ2v) is 13.3. The van der Waals surface area contributed by atoms with E-state index in [1.807, 2.05) is 23.7 Å². The van der Waals surface area contributed by atoms with Gasteiger partial charge in [-0.25, -0.2) is 0 Å². The van der Waals surface area contributed by atoms with E-state index in [9.17, 15) is 0 Å². The molecule has 1 nitrogen and oxygen atoms in total. The van der Waals surface area contributed by atoms with Gasteiger partial charge in [-0.15, -0.1) is 22.7 Å². The lowest BCUT2D eigenvalue weighted by Gasteiger charge is -2.30. The number of fused-ring (bicyclic) bond motifs is 18. The zero-order valence-electron chi connectivity index (χ0n) is 21.0. The number of hydrogen-bond acceptors (Lipinski definition) is 3. The molecule has 0 radical (unpaired) electrons. The molecule has 0 N–H and O–H groups in total. The fraction of sp³-hybridized carbons (Fsp3) is 0.0278. The summed E-state index contributed by atoms with van der Waals surface area (Å²) in [4.78, 5) is 4.58. The Labute approximate surface area is 242 Å². The number of rotatable bonds is 0. The number of hydrogen-bond donors (Lipinski definition) is 0. The summed E-state index contributed by atoms with van der Waals surface area (Å²) in [7, 11) is 0. The Kier molecular flexibility index (Phi) is 4.01. The quantitative estimate of drug-likeness (QED) is 0.179. The first kappa shape index (κ1) is 21.8. The van der Waals surface area contributed by atoms with Gasteiger partial charge in [0.1, 0.15) is 0 Å². The van der Waals surface area contributed by atoms with E-state index in [0.29, 0.717) is 0 Å². The molecule has 0 bridgehead atoms. The number of pyridine rings is 1. The number of benzene rings is 5. The molecule has 1 unspecified atom stereocenters. The summed E-state index contributed by atoms with van der Waals surface area (Å²) < 4.78 is 5.09. The van der Waals surface area contributed by atoms with Crippen molar-refractivity contribution in [2.75, 3.05) is 0 Å². The Hall–Kier alpha value is -4.02. The third-order valence-corrected chi connectivity index (χ3v) is 11.8. The van der Waals surface area contributed by atoms with Gasteiger partial charge in [0.05, 0.1) is 15.1 Å². The van der Waals surface area contributed by atoms with Crippen LogP contribution in [-0.2, 0) is 5.41 Å². The maximum Gasteiger partial charge on any atom is 0.0727 e. The predicted octanol–water partition coefficient (Wildman–Crippen LogP) is 10.8. The van der Waals surface area contributed by atoms with Crippen LogP contribution in [0.3, 0.4) is 0 Å². The molecule has 1 atom stereocenters. The van der Waals surface area contributed by atoms with Crippen molar-refractivity contribution in [2.24, 2.45) is 0 Å². The lowest BCUT2D eigenvalue weighted by atomic mass is 9.70. The Balaban J connectivity index is 1.54. The summed E-state index contributed by atoms with van der Waals surface area (Å²) in [6, 6.07) is 35.8. The van der Waals surface area contributed by atoms with Crippen LogP contribution >= 0.6 is 34.3 Å². The third-order valence-electron chi connectivity index (χ3n) is 9.05. The highest BCUT2D eigenvalue weighted by atomic mass is 35.5. The van der Waals surface area contributed by atoms with Crippen LogP contribution in [0.4, 0.5) is 0 Å². The summed E-state index contributed by atoms with van der Waals surface area (Å²) in [5.41, 5.74) is 9.92. The highest BCUT2D eigenvalue weighted by Crippen LogP contribution is 2.66. The molecule has 2 aliphatic carbocycles. The molecular formula is C36H18ClNS2. The van der Waals surface area contributed by atoms with Crippen LogP contribution in [0.25, 0.3) is 62.6 Å². The molecule has 4 heteroatoms. The lowest BCUT2D eigenvalue weighted by molar-refractivity contribution is 0.794. The van der Waals surface area contributed by atoms with Gasteiger partial charge < -0.3 is 0 Å². The second-order valence-electron chi connectivity index (χ2n) is 10.8. The zero-order valence-corrected chi connectivity index (χ0v) is 23.4. The predicted molar refractivity (Wildman–Crippen MR) is 171 cm³/mol. The number of aromatic nitrogens is 1. The minimum Gasteiger partial charge on any atom is -0.264 e. The normalized spacial score (nSPS) is 16.7. The van der Waals surface area contributed by atoms with Crippen molar-refractivity contribution in [1.82, 2.24) is 4.98 Å². The molecule has 40 heavy (non-hydrogen) atoms. The van der Waals surface area contributed by atoms with E-state index in [0.717, 1.165) is 5.02 Å². The van der Waals surface area contributed by atoms with Gasteiger partial charge in [-0.1, -0.05) is 78.3 Å². The van der Waals surface area contributed by atoms with Crippen LogP contribution in [0, 0.1) is 0 Å². The van der Waals surface area contributed by atoms with Crippen LogP contribution in [-0.4, -0.2) is 4.98 Å². The van der Waals surface area contributed by atoms with Crippen molar-refractivity contribution >= 4 is 74.6 Å². The van der Waals surface area contributed by atoms with Crippen LogP contribution in [0.2, 0.25) is 5.02 Å². The van der Waals surface area contributed by atoms with Gasteiger partial charge in [-0.3, -0.25) is 4.98 Å². The summed E-state index contributed by atoms with van der Waals surface area (Å²) in [5.74, 6) is 0. The van der Waals surface area contributed by atoms with Crippen LogP contribution < -0.4 is 0 Å². The van der Waals surface area contributed by atoms with E-state index in [2.05, 4.69) is 102 Å². The largest absolute Gasteiger partial charge is 0.264 e. The van der Waals surface area contributed by atoms with E-state index in [-0.39, 0.29) is 0 Å². The molecule has 3 heterocycles. The van der Waals surface area contributed by atoms with Gasteiger partial charge in [0.25, 0.3) is 0 Å². The smallest absolute Gasteiger partial charge is 0.0727 e. The Morgan fingerprint density at radius 3 is 2.15 bits per heavy atom. The SMILES string of the molecule is Clc1cc2c(c3c1sc1ccccc13)-c1c(ccc3sc4ccccc4c13)C21c2ccccc2-c2cnccc21. The molecule has 186 valence electrons. The summed E-state index contributed by atoms with van der Waals surface area (Å²) in [5, 5.41) is 6.07. The maximum atomic E-state index is 7.26. The van der Waals surface area contributed by atoms with Crippen LogP contribution in [0.5, 0.6) is 0 Å². The zero-order chi connectivity index (χ0) is 26.2. The van der Waals surface area contributed by atoms with Gasteiger partial charge in [0, 0.05) is 53.6 Å². The van der Waals surface area contributed by atoms with Crippen LogP contribution in [0.15, 0.2) is 109 Å². The van der Waals surface area contributed by atoms with E-state index in [1.54, 1.807) is 11.3 Å². The maximum absolute atomic E-state index is 7.26. The summed E-state index contributed by atoms with van der Waals surface area (Å²) in [6.45, 7) is 0. The molecule has 0 aliphatic heterocycles. The molecule has 8 aromatic rings. The minimum absolute atomic E-state index is 0.461. The van der Waals surface area contributed by atoms with Gasteiger partial charge in [0.2, 0.25) is 0 Å². The molecule has 10 rings (SSSR count). The summed E-state index contributed by atoms with van der Waals surface area (Å²) in [6.07, 6.45) is 3.99. The first-order chi connectivity index (χ1) is 19.8. The highest BCUT2D eigenvalue weighted by molar-refractivity contribution is 7.26. The van der Waals surface area contributed by atoms with Crippen molar-refractivity contribution in [3.8, 4) is 22.3 Å². The van der Waals surface area contributed by atoms with Crippen molar-refractivity contribution in [1.29, 1.82) is 0 Å². The average Bonchev–Trinajstić information content (AvgIpc) is 3.72. The molecular weight excluding hydrogens is 546 g/mol. The van der Waals surface area contributed by atoms with Gasteiger partial charge in [-0.2, -0.15) is 0 Å². The fourth-order valence-electron chi connectivity index (χ4n) is 7.66. The molecule has 0 saturated heterocycles. The van der Waals surface area contributed by atoms with Crippen LogP contribution in [0.1, 0.15) is 22.3 Å². The van der Waals surface area contributed by atoms with Crippen molar-refractivity contribution in [3.63, 3.8) is 0 Å². The lowest BCUT2D eigenvalue weighted by Crippen LogP contribution is -2.25. The van der Waals surface area contributed by atoms with Crippen molar-refractivity contribution < 1.29 is 0 Å². The average molecular weight is 564 g/mol. The molecule has 2 aliphatic rings. The van der Waals surface area contributed by atoms with Gasteiger partial charge >= 0.3 is 0 Å². The first-order valence-electron chi connectivity index (χ1n) is 13.4. The second kappa shape index (κ2) is 7.38. The van der Waals surface area contributed by atoms with Gasteiger partial charge in [0.15, 0.2) is 0 Å². The molecule has 5 aromatic carbocycles. The Morgan fingerprint density at radius 2 is 1.27 bits per heavy atom. The number of thiophene rings is 2. The minimum atomic E-state index is -0.461. The molecule has 1 spiro atoms. The van der Waals surface area contributed by atoms with Crippen molar-refractivity contribution in [2.45, 2.75) is 5.41 Å². The van der Waals surface area contributed by atoms with E-state index in [1.165, 1.54) is 84.9 Å². The monoisotopic (exact) mass is 563 g/mol. The molecule has 0 fully saturated rings. The number of halogens is 1. The van der Waals surface area contributed by atoms with E-state index < -0.39 is 5.41 Å². The standard InChI is InChI=1S/C36H18ClNS2/c37-27-17-26-34(32-21-9-3-6-12-29(21)40-35(27)32)33-25(13-14-30-31(33)20-8-2-5-11-28(20)39-30)36(26)23-10-4-1-7-19(23)22-18-38-16-15-24(22)36/h1-18H. The highest BCUT2D eigenvalue weighted by Gasteiger charge is 2.53. The molecule has 3 aromatic heterocycles. The first-order valence-corrected chi connectivity index (χ1v) is 15.4. The topological polar surface area (TPSA) is 12.9 Å². The van der Waals surface area contributed by atoms with Gasteiger partial charge in [-0.05, 0) is 69.3 Å². The number of nitrogens with zero attached hydrogens (tertiary/aromatic N) is 1. The third kappa shape index (κ3) is 2.37. The molecule has 0 saturated carbocycles. The Morgan fingerprint density at radius 1 is 0.575 bits per heavy atom. The molecule has 0 amide bonds. The van der Waals surface area contributed by atoms with E-state index in [4.69, 9.17) is 11.6 Å². The summed E-state index contributed by atoms with van der Waals surface area (Å²) >= 11 is 11.0. The van der Waals surface area contributed by atoms with E-state index >= 15 is 0 Å². The fourth-order valence-corrected chi connectivity index (χ4v) is 10.2. The van der Waals surface area contributed by atoms with Crippen molar-refractivity contribution in [3.05, 3.63) is 137 Å².